The maximum Gasteiger partial charge on any atom is 0.193 e. The summed E-state index contributed by atoms with van der Waals surface area (Å²) in [5, 5.41) is 3.29. The van der Waals surface area contributed by atoms with Crippen LogP contribution in [0.5, 0.6) is 11.5 Å². The lowest BCUT2D eigenvalue weighted by Crippen LogP contribution is -2.41. The Labute approximate surface area is 139 Å². The van der Waals surface area contributed by atoms with Crippen LogP contribution in [-0.4, -0.2) is 65.5 Å². The zero-order chi connectivity index (χ0) is 17.1. The normalized spacial score (nSPS) is 11.3. The monoisotopic (exact) mass is 323 g/mol. The van der Waals surface area contributed by atoms with E-state index in [2.05, 4.69) is 21.3 Å². The van der Waals surface area contributed by atoms with Crippen LogP contribution in [0.15, 0.2) is 23.2 Å². The Morgan fingerprint density at radius 1 is 1.22 bits per heavy atom. The number of likely N-dealkylation sites (N-methyl/N-ethyl adjacent to an activating group) is 1. The molecule has 0 bridgehead atoms. The molecule has 1 rings (SSSR count). The number of aliphatic imine (C=N–C) groups is 1. The van der Waals surface area contributed by atoms with E-state index in [1.807, 2.05) is 26.1 Å². The van der Waals surface area contributed by atoms with E-state index in [1.165, 1.54) is 5.56 Å². The van der Waals surface area contributed by atoms with Gasteiger partial charge in [0.1, 0.15) is 0 Å². The zero-order valence-electron chi connectivity index (χ0n) is 14.9. The Bertz CT molecular complexity index is 492. The van der Waals surface area contributed by atoms with Gasteiger partial charge in [-0.3, -0.25) is 4.99 Å². The van der Waals surface area contributed by atoms with Crippen LogP contribution in [0.2, 0.25) is 0 Å². The molecule has 0 radical (unpaired) electrons. The number of hydrogen-bond donors (Lipinski definition) is 1. The summed E-state index contributed by atoms with van der Waals surface area (Å²) in [5.41, 5.74) is 1.19. The van der Waals surface area contributed by atoms with Gasteiger partial charge >= 0.3 is 0 Å². The maximum atomic E-state index is 5.34. The van der Waals surface area contributed by atoms with Crippen LogP contribution in [-0.2, 0) is 11.2 Å². The molecule has 0 heterocycles. The largest absolute Gasteiger partial charge is 0.493 e. The lowest BCUT2D eigenvalue weighted by Gasteiger charge is -2.22. The molecule has 6 heteroatoms. The van der Waals surface area contributed by atoms with Crippen molar-refractivity contribution in [1.82, 2.24) is 10.2 Å². The first-order chi connectivity index (χ1) is 11.2. The molecular formula is C17H29N3O3. The van der Waals surface area contributed by atoms with Crippen LogP contribution >= 0.6 is 0 Å². The van der Waals surface area contributed by atoms with Crippen molar-refractivity contribution in [1.29, 1.82) is 0 Å². The lowest BCUT2D eigenvalue weighted by molar-refractivity contribution is 0.152. The molecule has 1 N–H and O–H groups in total. The maximum absolute atomic E-state index is 5.34. The average molecular weight is 323 g/mol. The Morgan fingerprint density at radius 2 is 1.96 bits per heavy atom. The van der Waals surface area contributed by atoms with Crippen molar-refractivity contribution in [2.24, 2.45) is 4.99 Å². The van der Waals surface area contributed by atoms with Gasteiger partial charge in [0.15, 0.2) is 17.5 Å². The highest BCUT2D eigenvalue weighted by Gasteiger charge is 2.08. The highest BCUT2D eigenvalue weighted by atomic mass is 16.5. The molecule has 0 aliphatic rings. The first kappa shape index (κ1) is 19.1. The second-order valence-corrected chi connectivity index (χ2v) is 5.03. The van der Waals surface area contributed by atoms with Gasteiger partial charge < -0.3 is 24.4 Å². The molecule has 0 aromatic heterocycles. The number of nitrogens with one attached hydrogen (secondary N) is 1. The Balaban J connectivity index is 2.52. The predicted molar refractivity (Wildman–Crippen MR) is 93.7 cm³/mol. The molecule has 130 valence electrons. The molecule has 6 nitrogen and oxygen atoms in total. The fourth-order valence-corrected chi connectivity index (χ4v) is 2.20. The third kappa shape index (κ3) is 6.36. The third-order valence-electron chi connectivity index (χ3n) is 3.49. The second-order valence-electron chi connectivity index (χ2n) is 5.03. The summed E-state index contributed by atoms with van der Waals surface area (Å²) in [7, 11) is 7.10. The van der Waals surface area contributed by atoms with Gasteiger partial charge in [0, 0.05) is 33.8 Å². The predicted octanol–water partition coefficient (Wildman–Crippen LogP) is 1.79. The van der Waals surface area contributed by atoms with Gasteiger partial charge in [-0.25, -0.2) is 0 Å². The molecule has 0 atom stereocenters. The van der Waals surface area contributed by atoms with Crippen molar-refractivity contribution < 1.29 is 14.2 Å². The molecule has 23 heavy (non-hydrogen) atoms. The molecule has 0 aliphatic carbocycles. The summed E-state index contributed by atoms with van der Waals surface area (Å²) in [6.07, 6.45) is 0.892. The number of methoxy groups -OCH3 is 2. The summed E-state index contributed by atoms with van der Waals surface area (Å²) in [6, 6.07) is 6.00. The van der Waals surface area contributed by atoms with Crippen molar-refractivity contribution in [3.05, 3.63) is 23.8 Å². The minimum absolute atomic E-state index is 0.680. The zero-order valence-corrected chi connectivity index (χ0v) is 14.9. The van der Waals surface area contributed by atoms with E-state index in [9.17, 15) is 0 Å². The fourth-order valence-electron chi connectivity index (χ4n) is 2.20. The number of nitrogens with zero attached hydrogens (tertiary/aromatic N) is 2. The molecule has 0 aliphatic heterocycles. The number of benzene rings is 1. The SMILES string of the molecule is CCOCCNC(=NC)N(C)CCc1ccc(OC)c(OC)c1. The summed E-state index contributed by atoms with van der Waals surface area (Å²) < 4.78 is 15.9. The van der Waals surface area contributed by atoms with Crippen LogP contribution in [0.1, 0.15) is 12.5 Å². The number of ether oxygens (including phenoxy) is 3. The summed E-state index contributed by atoms with van der Waals surface area (Å²) >= 11 is 0. The molecule has 0 saturated heterocycles. The minimum Gasteiger partial charge on any atom is -0.493 e. The van der Waals surface area contributed by atoms with E-state index in [-0.39, 0.29) is 0 Å². The molecule has 0 amide bonds. The summed E-state index contributed by atoms with van der Waals surface area (Å²) in [5.74, 6) is 2.37. The van der Waals surface area contributed by atoms with Crippen LogP contribution in [0.3, 0.4) is 0 Å². The fraction of sp³-hybridized carbons (Fsp3) is 0.588. The summed E-state index contributed by atoms with van der Waals surface area (Å²) in [4.78, 5) is 6.39. The van der Waals surface area contributed by atoms with Crippen LogP contribution in [0.4, 0.5) is 0 Å². The Kier molecular flexibility index (Phi) is 8.90. The third-order valence-corrected chi connectivity index (χ3v) is 3.49. The molecular weight excluding hydrogens is 294 g/mol. The smallest absolute Gasteiger partial charge is 0.193 e. The van der Waals surface area contributed by atoms with Crippen molar-refractivity contribution >= 4 is 5.96 Å². The number of guanidine groups is 1. The Hall–Kier alpha value is -1.95. The van der Waals surface area contributed by atoms with Gasteiger partial charge in [0.25, 0.3) is 0 Å². The van der Waals surface area contributed by atoms with Crippen LogP contribution in [0.25, 0.3) is 0 Å². The van der Waals surface area contributed by atoms with Crippen molar-refractivity contribution in [2.45, 2.75) is 13.3 Å². The van der Waals surface area contributed by atoms with Crippen molar-refractivity contribution in [3.8, 4) is 11.5 Å². The Morgan fingerprint density at radius 3 is 2.57 bits per heavy atom. The van der Waals surface area contributed by atoms with Crippen molar-refractivity contribution in [2.75, 3.05) is 54.6 Å². The summed E-state index contributed by atoms with van der Waals surface area (Å²) in [6.45, 7) is 5.00. The molecule has 0 unspecified atom stereocenters. The first-order valence-electron chi connectivity index (χ1n) is 7.86. The van der Waals surface area contributed by atoms with E-state index in [0.29, 0.717) is 6.61 Å². The molecule has 1 aromatic rings. The van der Waals surface area contributed by atoms with Gasteiger partial charge in [0.2, 0.25) is 0 Å². The van der Waals surface area contributed by atoms with Gasteiger partial charge in [-0.1, -0.05) is 6.07 Å². The quantitative estimate of drug-likeness (QED) is 0.426. The van der Waals surface area contributed by atoms with E-state index in [1.54, 1.807) is 21.3 Å². The topological polar surface area (TPSA) is 55.3 Å². The standard InChI is InChI=1S/C17H29N3O3/c1-6-23-12-10-19-17(18-2)20(3)11-9-14-7-8-15(21-4)16(13-14)22-5/h7-8,13H,6,9-12H2,1-5H3,(H,18,19). The number of hydrogen-bond acceptors (Lipinski definition) is 4. The second kappa shape index (κ2) is 10.7. The van der Waals surface area contributed by atoms with Gasteiger partial charge in [-0.15, -0.1) is 0 Å². The van der Waals surface area contributed by atoms with Crippen molar-refractivity contribution in [3.63, 3.8) is 0 Å². The van der Waals surface area contributed by atoms with Gasteiger partial charge in [0.05, 0.1) is 20.8 Å². The van der Waals surface area contributed by atoms with Crippen LogP contribution < -0.4 is 14.8 Å². The first-order valence-corrected chi connectivity index (χ1v) is 7.86. The lowest BCUT2D eigenvalue weighted by atomic mass is 10.1. The van der Waals surface area contributed by atoms with E-state index < -0.39 is 0 Å². The molecule has 0 fully saturated rings. The average Bonchev–Trinajstić information content (AvgIpc) is 2.59. The highest BCUT2D eigenvalue weighted by molar-refractivity contribution is 5.79. The van der Waals surface area contributed by atoms with E-state index in [0.717, 1.165) is 43.6 Å². The highest BCUT2D eigenvalue weighted by Crippen LogP contribution is 2.27. The van der Waals surface area contributed by atoms with E-state index >= 15 is 0 Å². The van der Waals surface area contributed by atoms with Gasteiger partial charge in [-0.05, 0) is 31.0 Å². The minimum atomic E-state index is 0.680. The number of rotatable bonds is 9. The van der Waals surface area contributed by atoms with E-state index in [4.69, 9.17) is 14.2 Å². The van der Waals surface area contributed by atoms with Crippen LogP contribution in [0, 0.1) is 0 Å². The van der Waals surface area contributed by atoms with Gasteiger partial charge in [-0.2, -0.15) is 0 Å². The molecule has 1 aromatic carbocycles. The molecule has 0 saturated carbocycles. The molecule has 0 spiro atoms.